The van der Waals surface area contributed by atoms with E-state index >= 15 is 0 Å². The second-order valence-electron chi connectivity index (χ2n) is 4.63. The molecule has 0 bridgehead atoms. The molecular formula is C15H17N3OS2. The molecule has 0 fully saturated rings. The third-order valence-corrected chi connectivity index (χ3v) is 5.14. The summed E-state index contributed by atoms with van der Waals surface area (Å²) in [6.45, 7) is 4.43. The molecule has 0 aliphatic heterocycles. The number of fused-ring (bicyclic) bond motifs is 1. The lowest BCUT2D eigenvalue weighted by Gasteiger charge is -2.00. The Kier molecular flexibility index (Phi) is 4.60. The maximum Gasteiger partial charge on any atom is 0.125 e. The molecule has 4 nitrogen and oxygen atoms in total. The fraction of sp³-hybridized carbons (Fsp3) is 0.333. The normalized spacial score (nSPS) is 11.3. The Hall–Kier alpha value is -1.34. The largest absolute Gasteiger partial charge is 0.378 e. The van der Waals surface area contributed by atoms with Gasteiger partial charge in [0.2, 0.25) is 0 Å². The van der Waals surface area contributed by atoms with Crippen LogP contribution < -0.4 is 5.32 Å². The minimum absolute atomic E-state index is 0.548. The molecule has 0 spiro atoms. The monoisotopic (exact) mass is 319 g/mol. The Morgan fingerprint density at radius 3 is 3.10 bits per heavy atom. The molecule has 0 aliphatic carbocycles. The molecule has 0 unspecified atom stereocenters. The maximum absolute atomic E-state index is 5.26. The second-order valence-corrected chi connectivity index (χ2v) is 6.66. The first-order valence-corrected chi connectivity index (χ1v) is 8.53. The van der Waals surface area contributed by atoms with Gasteiger partial charge in [0.05, 0.1) is 22.5 Å². The van der Waals surface area contributed by atoms with Gasteiger partial charge in [0.25, 0.3) is 0 Å². The molecule has 110 valence electrons. The zero-order valence-corrected chi connectivity index (χ0v) is 13.7. The Morgan fingerprint density at radius 2 is 2.29 bits per heavy atom. The van der Waals surface area contributed by atoms with Gasteiger partial charge in [-0.05, 0) is 24.1 Å². The number of hydrogen-bond donors (Lipinski definition) is 1. The van der Waals surface area contributed by atoms with Crippen molar-refractivity contribution in [3.05, 3.63) is 34.3 Å². The Balaban J connectivity index is 1.96. The zero-order chi connectivity index (χ0) is 14.7. The molecule has 0 aromatic carbocycles. The summed E-state index contributed by atoms with van der Waals surface area (Å²) in [4.78, 5) is 10.5. The Labute approximate surface area is 131 Å². The Bertz CT molecular complexity index is 735. The van der Waals surface area contributed by atoms with Gasteiger partial charge in [0, 0.05) is 30.3 Å². The summed E-state index contributed by atoms with van der Waals surface area (Å²) >= 11 is 3.42. The van der Waals surface area contributed by atoms with Crippen molar-refractivity contribution in [3.8, 4) is 10.6 Å². The molecule has 3 rings (SSSR count). The van der Waals surface area contributed by atoms with Crippen LogP contribution in [0.3, 0.4) is 0 Å². The van der Waals surface area contributed by atoms with E-state index in [9.17, 15) is 0 Å². The van der Waals surface area contributed by atoms with Crippen LogP contribution in [0, 0.1) is 0 Å². The molecule has 3 heterocycles. The maximum atomic E-state index is 5.26. The number of nitrogens with zero attached hydrogens (tertiary/aromatic N) is 2. The van der Waals surface area contributed by atoms with Crippen LogP contribution in [-0.4, -0.2) is 23.6 Å². The number of pyridine rings is 1. The van der Waals surface area contributed by atoms with Gasteiger partial charge in [-0.25, -0.2) is 4.98 Å². The molecule has 0 radical (unpaired) electrons. The minimum Gasteiger partial charge on any atom is -0.378 e. The molecule has 21 heavy (non-hydrogen) atoms. The van der Waals surface area contributed by atoms with E-state index in [2.05, 4.69) is 28.7 Å². The molecule has 0 saturated heterocycles. The number of thiazole rings is 1. The minimum atomic E-state index is 0.548. The predicted octanol–water partition coefficient (Wildman–Crippen LogP) is 3.68. The van der Waals surface area contributed by atoms with E-state index in [1.807, 2.05) is 12.3 Å². The van der Waals surface area contributed by atoms with Crippen LogP contribution in [0.25, 0.3) is 20.8 Å². The molecule has 3 aromatic rings. The number of thiophene rings is 1. The van der Waals surface area contributed by atoms with E-state index in [0.29, 0.717) is 6.61 Å². The van der Waals surface area contributed by atoms with Crippen LogP contribution in [-0.2, 0) is 17.9 Å². The van der Waals surface area contributed by atoms with E-state index in [0.717, 1.165) is 34.9 Å². The van der Waals surface area contributed by atoms with Crippen LogP contribution in [0.2, 0.25) is 0 Å². The highest BCUT2D eigenvalue weighted by Crippen LogP contribution is 2.31. The SMILES string of the molecule is CCNCc1sc(-c2cnc3ccsc3c2)nc1COC. The van der Waals surface area contributed by atoms with Crippen molar-refractivity contribution in [3.63, 3.8) is 0 Å². The third kappa shape index (κ3) is 3.13. The summed E-state index contributed by atoms with van der Waals surface area (Å²) in [5, 5.41) is 6.43. The topological polar surface area (TPSA) is 47.0 Å². The highest BCUT2D eigenvalue weighted by atomic mass is 32.1. The van der Waals surface area contributed by atoms with Gasteiger partial charge >= 0.3 is 0 Å². The first-order chi connectivity index (χ1) is 10.3. The van der Waals surface area contributed by atoms with Crippen molar-refractivity contribution in [2.45, 2.75) is 20.1 Å². The van der Waals surface area contributed by atoms with Crippen molar-refractivity contribution < 1.29 is 4.74 Å². The van der Waals surface area contributed by atoms with Crippen molar-refractivity contribution >= 4 is 32.9 Å². The number of ether oxygens (including phenoxy) is 1. The quantitative estimate of drug-likeness (QED) is 0.753. The van der Waals surface area contributed by atoms with Crippen LogP contribution >= 0.6 is 22.7 Å². The number of rotatable bonds is 6. The number of nitrogens with one attached hydrogen (secondary N) is 1. The van der Waals surface area contributed by atoms with E-state index in [1.54, 1.807) is 29.8 Å². The molecular weight excluding hydrogens is 302 g/mol. The van der Waals surface area contributed by atoms with Gasteiger partial charge in [-0.2, -0.15) is 0 Å². The van der Waals surface area contributed by atoms with E-state index in [4.69, 9.17) is 9.72 Å². The van der Waals surface area contributed by atoms with Crippen molar-refractivity contribution in [2.75, 3.05) is 13.7 Å². The molecule has 0 aliphatic rings. The average Bonchev–Trinajstić information content (AvgIpc) is 3.11. The molecule has 0 amide bonds. The average molecular weight is 319 g/mol. The number of methoxy groups -OCH3 is 1. The third-order valence-electron chi connectivity index (χ3n) is 3.14. The van der Waals surface area contributed by atoms with Crippen LogP contribution in [0.5, 0.6) is 0 Å². The van der Waals surface area contributed by atoms with Gasteiger partial charge in [-0.15, -0.1) is 22.7 Å². The first-order valence-electron chi connectivity index (χ1n) is 6.83. The van der Waals surface area contributed by atoms with Gasteiger partial charge in [0.1, 0.15) is 5.01 Å². The highest BCUT2D eigenvalue weighted by Gasteiger charge is 2.13. The lowest BCUT2D eigenvalue weighted by atomic mass is 10.3. The number of aromatic nitrogens is 2. The van der Waals surface area contributed by atoms with Gasteiger partial charge in [-0.1, -0.05) is 6.92 Å². The fourth-order valence-corrected chi connectivity index (χ4v) is 3.89. The molecule has 6 heteroatoms. The predicted molar refractivity (Wildman–Crippen MR) is 88.8 cm³/mol. The summed E-state index contributed by atoms with van der Waals surface area (Å²) < 4.78 is 6.46. The van der Waals surface area contributed by atoms with E-state index in [1.165, 1.54) is 9.58 Å². The van der Waals surface area contributed by atoms with E-state index < -0.39 is 0 Å². The van der Waals surface area contributed by atoms with Crippen molar-refractivity contribution in [2.24, 2.45) is 0 Å². The number of hydrogen-bond acceptors (Lipinski definition) is 6. The molecule has 0 saturated carbocycles. The second kappa shape index (κ2) is 6.62. The molecule has 1 N–H and O–H groups in total. The summed E-state index contributed by atoms with van der Waals surface area (Å²) in [6, 6.07) is 4.21. The first kappa shape index (κ1) is 14.6. The highest BCUT2D eigenvalue weighted by molar-refractivity contribution is 7.17. The van der Waals surface area contributed by atoms with Gasteiger partial charge in [-0.3, -0.25) is 4.98 Å². The van der Waals surface area contributed by atoms with Gasteiger partial charge < -0.3 is 10.1 Å². The molecule has 0 atom stereocenters. The summed E-state index contributed by atoms with van der Waals surface area (Å²) in [6.07, 6.45) is 1.90. The summed E-state index contributed by atoms with van der Waals surface area (Å²) in [5.41, 5.74) is 3.14. The van der Waals surface area contributed by atoms with Crippen molar-refractivity contribution in [1.82, 2.24) is 15.3 Å². The van der Waals surface area contributed by atoms with Crippen LogP contribution in [0.4, 0.5) is 0 Å². The lowest BCUT2D eigenvalue weighted by Crippen LogP contribution is -2.12. The van der Waals surface area contributed by atoms with E-state index in [-0.39, 0.29) is 0 Å². The Morgan fingerprint density at radius 1 is 1.38 bits per heavy atom. The standard InChI is InChI=1S/C15H17N3OS2/c1-3-16-8-14-12(9-19-2)18-15(21-14)10-6-13-11(17-7-10)4-5-20-13/h4-7,16H,3,8-9H2,1-2H3. The fourth-order valence-electron chi connectivity index (χ4n) is 2.10. The van der Waals surface area contributed by atoms with Crippen molar-refractivity contribution in [1.29, 1.82) is 0 Å². The molecule has 3 aromatic heterocycles. The van der Waals surface area contributed by atoms with Crippen LogP contribution in [0.1, 0.15) is 17.5 Å². The van der Waals surface area contributed by atoms with Gasteiger partial charge in [0.15, 0.2) is 0 Å². The zero-order valence-electron chi connectivity index (χ0n) is 12.0. The lowest BCUT2D eigenvalue weighted by molar-refractivity contribution is 0.181. The van der Waals surface area contributed by atoms with Crippen LogP contribution in [0.15, 0.2) is 23.7 Å². The smallest absolute Gasteiger partial charge is 0.125 e. The summed E-state index contributed by atoms with van der Waals surface area (Å²) in [7, 11) is 1.70. The summed E-state index contributed by atoms with van der Waals surface area (Å²) in [5.74, 6) is 0.